The topological polar surface area (TPSA) is 46.5 Å². The summed E-state index contributed by atoms with van der Waals surface area (Å²) in [5.41, 5.74) is 0. The molecule has 0 heterocycles. The fourth-order valence-corrected chi connectivity index (χ4v) is 1.76. The fourth-order valence-electron chi connectivity index (χ4n) is 1.76. The fraction of sp³-hybridized carbons (Fsp3) is 0.500. The smallest absolute Gasteiger partial charge is 0.480 e. The Hall–Kier alpha value is -0.753. The van der Waals surface area contributed by atoms with Crippen molar-refractivity contribution < 1.29 is 33.5 Å². The molecule has 0 bridgehead atoms. The SMILES string of the molecule is O=C(O)COC1CCCCC1.[Li+].[c-]1ccccc1. The monoisotopic (exact) mass is 242 g/mol. The van der Waals surface area contributed by atoms with Crippen molar-refractivity contribution in [2.24, 2.45) is 0 Å². The molecule has 1 aliphatic rings. The van der Waals surface area contributed by atoms with E-state index in [9.17, 15) is 4.79 Å². The van der Waals surface area contributed by atoms with Crippen molar-refractivity contribution in [3.63, 3.8) is 0 Å². The van der Waals surface area contributed by atoms with E-state index in [0.717, 1.165) is 12.8 Å². The molecule has 18 heavy (non-hydrogen) atoms. The van der Waals surface area contributed by atoms with Crippen molar-refractivity contribution >= 4 is 5.97 Å². The number of carboxylic acids is 1. The first-order valence-corrected chi connectivity index (χ1v) is 6.03. The van der Waals surface area contributed by atoms with E-state index >= 15 is 0 Å². The van der Waals surface area contributed by atoms with E-state index in [4.69, 9.17) is 9.84 Å². The van der Waals surface area contributed by atoms with E-state index in [1.807, 2.05) is 30.3 Å². The second kappa shape index (κ2) is 11.3. The van der Waals surface area contributed by atoms with E-state index in [1.54, 1.807) is 0 Å². The molecule has 1 N–H and O–H groups in total. The molecule has 1 aliphatic carbocycles. The molecule has 0 amide bonds. The standard InChI is InChI=1S/C8H14O3.C6H5.Li/c9-8(10)6-11-7-4-2-1-3-5-7;1-2-4-6-5-3-1;/h7H,1-6H2,(H,9,10);1-5H;/q;-1;+1. The van der Waals surface area contributed by atoms with Crippen LogP contribution in [0, 0.1) is 6.07 Å². The van der Waals surface area contributed by atoms with Gasteiger partial charge in [-0.1, -0.05) is 19.3 Å². The Balaban J connectivity index is 0.000000352. The van der Waals surface area contributed by atoms with E-state index in [-0.39, 0.29) is 31.6 Å². The average Bonchev–Trinajstić information content (AvgIpc) is 2.40. The molecule has 0 atom stereocenters. The number of hydrogen-bond donors (Lipinski definition) is 1. The normalized spacial score (nSPS) is 14.9. The van der Waals surface area contributed by atoms with Crippen LogP contribution in [0.1, 0.15) is 32.1 Å². The number of aliphatic carboxylic acids is 1. The third kappa shape index (κ3) is 9.30. The Labute approximate surface area is 121 Å². The molecular formula is C14H19LiO3. The van der Waals surface area contributed by atoms with Gasteiger partial charge in [-0.3, -0.25) is 0 Å². The maximum absolute atomic E-state index is 10.1. The molecular weight excluding hydrogens is 223 g/mol. The van der Waals surface area contributed by atoms with E-state index < -0.39 is 5.97 Å². The summed E-state index contributed by atoms with van der Waals surface area (Å²) < 4.78 is 5.14. The van der Waals surface area contributed by atoms with Gasteiger partial charge in [-0.05, 0) is 12.8 Å². The largest absolute Gasteiger partial charge is 1.00 e. The van der Waals surface area contributed by atoms with Crippen LogP contribution in [0.4, 0.5) is 0 Å². The quantitative estimate of drug-likeness (QED) is 0.595. The van der Waals surface area contributed by atoms with Gasteiger partial charge < -0.3 is 9.84 Å². The summed E-state index contributed by atoms with van der Waals surface area (Å²) in [5, 5.41) is 8.32. The van der Waals surface area contributed by atoms with E-state index in [0.29, 0.717) is 0 Å². The minimum Gasteiger partial charge on any atom is -0.480 e. The van der Waals surface area contributed by atoms with Crippen molar-refractivity contribution in [3.05, 3.63) is 36.4 Å². The molecule has 0 radical (unpaired) electrons. The number of benzene rings is 1. The molecule has 94 valence electrons. The summed E-state index contributed by atoms with van der Waals surface area (Å²) in [5.74, 6) is -0.865. The molecule has 0 spiro atoms. The van der Waals surface area contributed by atoms with Gasteiger partial charge in [-0.2, -0.15) is 36.4 Å². The van der Waals surface area contributed by atoms with Gasteiger partial charge in [0, 0.05) is 0 Å². The maximum atomic E-state index is 10.1. The van der Waals surface area contributed by atoms with Crippen molar-refractivity contribution in [2.45, 2.75) is 38.2 Å². The van der Waals surface area contributed by atoms with Crippen molar-refractivity contribution in [3.8, 4) is 0 Å². The minimum atomic E-state index is -0.865. The molecule has 4 heteroatoms. The predicted molar refractivity (Wildman–Crippen MR) is 65.7 cm³/mol. The first-order valence-electron chi connectivity index (χ1n) is 6.03. The Kier molecular flexibility index (Phi) is 10.9. The second-order valence-corrected chi connectivity index (χ2v) is 4.04. The third-order valence-electron chi connectivity index (χ3n) is 2.60. The van der Waals surface area contributed by atoms with Gasteiger partial charge in [0.25, 0.3) is 0 Å². The van der Waals surface area contributed by atoms with Crippen LogP contribution in [0.25, 0.3) is 0 Å². The molecule has 1 saturated carbocycles. The summed E-state index contributed by atoms with van der Waals surface area (Å²) >= 11 is 0. The summed E-state index contributed by atoms with van der Waals surface area (Å²) in [6, 6.07) is 12.5. The molecule has 0 aromatic heterocycles. The zero-order chi connectivity index (χ0) is 12.3. The van der Waals surface area contributed by atoms with Crippen molar-refractivity contribution in [1.29, 1.82) is 0 Å². The Morgan fingerprint density at radius 3 is 2.17 bits per heavy atom. The first-order chi connectivity index (χ1) is 8.29. The molecule has 0 saturated heterocycles. The second-order valence-electron chi connectivity index (χ2n) is 4.04. The number of carboxylic acid groups (broad SMARTS) is 1. The molecule has 0 aliphatic heterocycles. The van der Waals surface area contributed by atoms with Gasteiger partial charge in [0.1, 0.15) is 6.61 Å². The molecule has 1 aromatic carbocycles. The number of rotatable bonds is 3. The molecule has 0 unspecified atom stereocenters. The van der Waals surface area contributed by atoms with Gasteiger partial charge in [0.05, 0.1) is 6.10 Å². The van der Waals surface area contributed by atoms with Crippen LogP contribution in [0.15, 0.2) is 30.3 Å². The van der Waals surface area contributed by atoms with Gasteiger partial charge in [0.15, 0.2) is 0 Å². The zero-order valence-electron chi connectivity index (χ0n) is 11.0. The third-order valence-corrected chi connectivity index (χ3v) is 2.60. The first kappa shape index (κ1) is 17.2. The van der Waals surface area contributed by atoms with Crippen LogP contribution in [0.3, 0.4) is 0 Å². The van der Waals surface area contributed by atoms with Crippen molar-refractivity contribution in [2.75, 3.05) is 6.61 Å². The Morgan fingerprint density at radius 1 is 1.17 bits per heavy atom. The number of ether oxygens (including phenoxy) is 1. The average molecular weight is 242 g/mol. The van der Waals surface area contributed by atoms with Gasteiger partial charge in [0.2, 0.25) is 0 Å². The van der Waals surface area contributed by atoms with E-state index in [1.165, 1.54) is 19.3 Å². The Morgan fingerprint density at radius 2 is 1.78 bits per heavy atom. The molecule has 2 rings (SSSR count). The maximum Gasteiger partial charge on any atom is 1.00 e. The van der Waals surface area contributed by atoms with E-state index in [2.05, 4.69) is 6.07 Å². The van der Waals surface area contributed by atoms with Crippen molar-refractivity contribution in [1.82, 2.24) is 0 Å². The summed E-state index contributed by atoms with van der Waals surface area (Å²) in [6.45, 7) is -0.134. The molecule has 3 nitrogen and oxygen atoms in total. The number of carbonyl (C=O) groups is 1. The van der Waals surface area contributed by atoms with Crippen LogP contribution >= 0.6 is 0 Å². The minimum absolute atomic E-state index is 0. The molecule has 1 aromatic rings. The van der Waals surface area contributed by atoms with Crippen LogP contribution < -0.4 is 18.9 Å². The predicted octanol–water partition coefficient (Wildman–Crippen LogP) is -0.0889. The summed E-state index contributed by atoms with van der Waals surface area (Å²) in [4.78, 5) is 10.1. The van der Waals surface area contributed by atoms with Crippen LogP contribution in [0.2, 0.25) is 0 Å². The Bertz CT molecular complexity index is 270. The van der Waals surface area contributed by atoms with Crippen LogP contribution in [-0.2, 0) is 9.53 Å². The number of hydrogen-bond acceptors (Lipinski definition) is 2. The van der Waals surface area contributed by atoms with Gasteiger partial charge in [-0.25, -0.2) is 4.79 Å². The van der Waals surface area contributed by atoms with Crippen LogP contribution in [-0.4, -0.2) is 23.8 Å². The van der Waals surface area contributed by atoms with Gasteiger partial charge in [-0.15, -0.1) is 0 Å². The zero-order valence-corrected chi connectivity index (χ0v) is 11.0. The molecule has 1 fully saturated rings. The van der Waals surface area contributed by atoms with Gasteiger partial charge >= 0.3 is 24.8 Å². The summed E-state index contributed by atoms with van der Waals surface area (Å²) in [7, 11) is 0. The summed E-state index contributed by atoms with van der Waals surface area (Å²) in [6.07, 6.45) is 5.92. The van der Waals surface area contributed by atoms with Crippen LogP contribution in [0.5, 0.6) is 0 Å².